The van der Waals surface area contributed by atoms with Gasteiger partial charge in [0.2, 0.25) is 11.8 Å². The quantitative estimate of drug-likeness (QED) is 0.205. The highest BCUT2D eigenvalue weighted by molar-refractivity contribution is 5.91. The van der Waals surface area contributed by atoms with Crippen molar-refractivity contribution in [1.82, 2.24) is 10.6 Å². The highest BCUT2D eigenvalue weighted by atomic mass is 16.4. The van der Waals surface area contributed by atoms with E-state index in [1.807, 2.05) is 5.32 Å². The Morgan fingerprint density at radius 1 is 0.633 bits per heavy atom. The minimum absolute atomic E-state index is 0.137. The first-order valence-corrected chi connectivity index (χ1v) is 10.4. The standard InChI is InChI=1S/C20H34N2O8/c1-2-3-4-5-6-7-8-9-10-11-16(23)21-14(19(27)28)12-17(24)22-15(20(29)30)13-18(25)26/h14-15H,2-13H2,1H3,(H,21,23)(H,22,24)(H,25,26)(H,27,28)(H,29,30). The minimum atomic E-state index is -1.68. The van der Waals surface area contributed by atoms with Crippen LogP contribution in [0, 0.1) is 0 Å². The summed E-state index contributed by atoms with van der Waals surface area (Å²) in [6.07, 6.45) is 8.25. The van der Waals surface area contributed by atoms with Crippen molar-refractivity contribution < 1.29 is 39.3 Å². The zero-order chi connectivity index (χ0) is 22.9. The largest absolute Gasteiger partial charge is 0.481 e. The lowest BCUT2D eigenvalue weighted by atomic mass is 10.1. The average Bonchev–Trinajstić information content (AvgIpc) is 2.65. The fourth-order valence-corrected chi connectivity index (χ4v) is 2.88. The van der Waals surface area contributed by atoms with Gasteiger partial charge in [0, 0.05) is 6.42 Å². The molecule has 5 N–H and O–H groups in total. The number of nitrogens with one attached hydrogen (secondary N) is 2. The molecule has 2 unspecified atom stereocenters. The number of amides is 2. The Morgan fingerprint density at radius 2 is 1.07 bits per heavy atom. The minimum Gasteiger partial charge on any atom is -0.481 e. The number of unbranched alkanes of at least 4 members (excludes halogenated alkanes) is 8. The van der Waals surface area contributed by atoms with Crippen molar-refractivity contribution in [2.75, 3.05) is 0 Å². The second kappa shape index (κ2) is 16.2. The van der Waals surface area contributed by atoms with Gasteiger partial charge in [-0.15, -0.1) is 0 Å². The summed E-state index contributed by atoms with van der Waals surface area (Å²) in [5, 5.41) is 31.0. The maximum absolute atomic E-state index is 11.9. The van der Waals surface area contributed by atoms with Gasteiger partial charge in [-0.2, -0.15) is 0 Å². The van der Waals surface area contributed by atoms with E-state index >= 15 is 0 Å². The van der Waals surface area contributed by atoms with E-state index in [2.05, 4.69) is 12.2 Å². The van der Waals surface area contributed by atoms with Crippen molar-refractivity contribution in [3.63, 3.8) is 0 Å². The second-order valence-electron chi connectivity index (χ2n) is 7.30. The van der Waals surface area contributed by atoms with Gasteiger partial charge in [-0.25, -0.2) is 9.59 Å². The smallest absolute Gasteiger partial charge is 0.326 e. The second-order valence-corrected chi connectivity index (χ2v) is 7.30. The lowest BCUT2D eigenvalue weighted by molar-refractivity contribution is -0.148. The van der Waals surface area contributed by atoms with Gasteiger partial charge in [0.05, 0.1) is 12.8 Å². The Balaban J connectivity index is 4.24. The molecule has 0 rings (SSSR count). The summed E-state index contributed by atoms with van der Waals surface area (Å²) in [6, 6.07) is -3.20. The van der Waals surface area contributed by atoms with Gasteiger partial charge in [-0.3, -0.25) is 14.4 Å². The van der Waals surface area contributed by atoms with Gasteiger partial charge in [0.1, 0.15) is 12.1 Å². The molecule has 0 bridgehead atoms. The van der Waals surface area contributed by atoms with Crippen molar-refractivity contribution in [2.45, 2.75) is 96.1 Å². The summed E-state index contributed by atoms with van der Waals surface area (Å²) in [5.74, 6) is -5.88. The number of carboxylic acids is 3. The summed E-state index contributed by atoms with van der Waals surface area (Å²) in [6.45, 7) is 2.17. The molecule has 10 heteroatoms. The molecule has 30 heavy (non-hydrogen) atoms. The van der Waals surface area contributed by atoms with Gasteiger partial charge in [-0.1, -0.05) is 58.3 Å². The van der Waals surface area contributed by atoms with E-state index in [-0.39, 0.29) is 6.42 Å². The molecule has 0 fully saturated rings. The number of rotatable bonds is 18. The molecule has 2 amide bonds. The molecule has 0 spiro atoms. The van der Waals surface area contributed by atoms with Crippen LogP contribution < -0.4 is 10.6 Å². The maximum atomic E-state index is 11.9. The SMILES string of the molecule is CCCCCCCCCCCC(=O)NC(CC(=O)NC(CC(=O)O)C(=O)O)C(=O)O. The van der Waals surface area contributed by atoms with Gasteiger partial charge in [0.25, 0.3) is 0 Å². The van der Waals surface area contributed by atoms with Crippen molar-refractivity contribution in [2.24, 2.45) is 0 Å². The van der Waals surface area contributed by atoms with Crippen LogP contribution in [0.15, 0.2) is 0 Å². The van der Waals surface area contributed by atoms with E-state index in [1.165, 1.54) is 32.1 Å². The number of carbonyl (C=O) groups excluding carboxylic acids is 2. The van der Waals surface area contributed by atoms with E-state index in [9.17, 15) is 29.1 Å². The molecule has 0 aromatic rings. The number of aliphatic carboxylic acids is 3. The highest BCUT2D eigenvalue weighted by Crippen LogP contribution is 2.10. The summed E-state index contributed by atoms with van der Waals surface area (Å²) >= 11 is 0. The van der Waals surface area contributed by atoms with Gasteiger partial charge in [0.15, 0.2) is 0 Å². The molecule has 0 aliphatic rings. The Hall–Kier alpha value is -2.65. The predicted molar refractivity (Wildman–Crippen MR) is 108 cm³/mol. The zero-order valence-corrected chi connectivity index (χ0v) is 17.5. The molecular formula is C20H34N2O8. The number of carboxylic acid groups (broad SMARTS) is 3. The fraction of sp³-hybridized carbons (Fsp3) is 0.750. The Bertz CT molecular complexity index is 579. The first-order valence-electron chi connectivity index (χ1n) is 10.4. The van der Waals surface area contributed by atoms with Crippen molar-refractivity contribution in [3.8, 4) is 0 Å². The molecule has 0 saturated carbocycles. The van der Waals surface area contributed by atoms with Crippen molar-refractivity contribution in [3.05, 3.63) is 0 Å². The third-order valence-electron chi connectivity index (χ3n) is 4.54. The van der Waals surface area contributed by atoms with E-state index in [1.54, 1.807) is 0 Å². The number of carbonyl (C=O) groups is 5. The topological polar surface area (TPSA) is 170 Å². The van der Waals surface area contributed by atoms with E-state index in [4.69, 9.17) is 10.2 Å². The van der Waals surface area contributed by atoms with Crippen LogP contribution >= 0.6 is 0 Å². The molecule has 0 aliphatic carbocycles. The zero-order valence-electron chi connectivity index (χ0n) is 17.5. The van der Waals surface area contributed by atoms with Gasteiger partial charge in [-0.05, 0) is 6.42 Å². The first kappa shape index (κ1) is 27.4. The molecule has 10 nitrogen and oxygen atoms in total. The number of hydrogen-bond acceptors (Lipinski definition) is 5. The maximum Gasteiger partial charge on any atom is 0.326 e. The molecule has 0 heterocycles. The molecule has 0 aliphatic heterocycles. The molecule has 0 aromatic carbocycles. The molecule has 172 valence electrons. The lowest BCUT2D eigenvalue weighted by Crippen LogP contribution is -2.47. The Labute approximate surface area is 176 Å². The van der Waals surface area contributed by atoms with Crippen LogP contribution in [0.5, 0.6) is 0 Å². The van der Waals surface area contributed by atoms with Crippen LogP contribution in [-0.4, -0.2) is 57.1 Å². The van der Waals surface area contributed by atoms with Crippen LogP contribution in [0.4, 0.5) is 0 Å². The third-order valence-corrected chi connectivity index (χ3v) is 4.54. The normalized spacial score (nSPS) is 12.6. The monoisotopic (exact) mass is 430 g/mol. The van der Waals surface area contributed by atoms with Crippen LogP contribution in [0.2, 0.25) is 0 Å². The van der Waals surface area contributed by atoms with E-state index < -0.39 is 54.6 Å². The van der Waals surface area contributed by atoms with Crippen molar-refractivity contribution >= 4 is 29.7 Å². The summed E-state index contributed by atoms with van der Waals surface area (Å²) in [7, 11) is 0. The van der Waals surface area contributed by atoms with Gasteiger partial charge < -0.3 is 26.0 Å². The van der Waals surface area contributed by atoms with Crippen LogP contribution in [0.3, 0.4) is 0 Å². The molecule has 2 atom stereocenters. The Morgan fingerprint density at radius 3 is 1.53 bits per heavy atom. The third kappa shape index (κ3) is 14.4. The predicted octanol–water partition coefficient (Wildman–Crippen LogP) is 1.91. The average molecular weight is 430 g/mol. The summed E-state index contributed by atoms with van der Waals surface area (Å²) in [5.41, 5.74) is 0. The van der Waals surface area contributed by atoms with E-state index in [0.29, 0.717) is 6.42 Å². The lowest BCUT2D eigenvalue weighted by Gasteiger charge is -2.17. The van der Waals surface area contributed by atoms with Crippen LogP contribution in [0.25, 0.3) is 0 Å². The number of hydrogen-bond donors (Lipinski definition) is 5. The Kier molecular flexibility index (Phi) is 14.8. The summed E-state index contributed by atoms with van der Waals surface area (Å²) in [4.78, 5) is 56.7. The summed E-state index contributed by atoms with van der Waals surface area (Å²) < 4.78 is 0. The van der Waals surface area contributed by atoms with Crippen LogP contribution in [-0.2, 0) is 24.0 Å². The molecule has 0 radical (unpaired) electrons. The van der Waals surface area contributed by atoms with Crippen LogP contribution in [0.1, 0.15) is 84.0 Å². The molecular weight excluding hydrogens is 396 g/mol. The van der Waals surface area contributed by atoms with Crippen molar-refractivity contribution in [1.29, 1.82) is 0 Å². The molecule has 0 aromatic heterocycles. The molecule has 0 saturated heterocycles. The fourth-order valence-electron chi connectivity index (χ4n) is 2.88. The van der Waals surface area contributed by atoms with Gasteiger partial charge >= 0.3 is 17.9 Å². The van der Waals surface area contributed by atoms with E-state index in [0.717, 1.165) is 19.3 Å². The highest BCUT2D eigenvalue weighted by Gasteiger charge is 2.27. The first-order chi connectivity index (χ1) is 14.2.